The minimum Gasteiger partial charge on any atom is -0.460 e. The molecule has 6 heterocycles. The first-order valence-electron chi connectivity index (χ1n) is 34.0. The van der Waals surface area contributed by atoms with Gasteiger partial charge in [0.1, 0.15) is 22.8 Å². The predicted octanol–water partition coefficient (Wildman–Crippen LogP) is 15.4. The van der Waals surface area contributed by atoms with Gasteiger partial charge >= 0.3 is 11.9 Å². The third-order valence-electron chi connectivity index (χ3n) is 18.1. The topological polar surface area (TPSA) is 187 Å². The van der Waals surface area contributed by atoms with Crippen LogP contribution in [0.15, 0.2) is 165 Å². The van der Waals surface area contributed by atoms with Crippen molar-refractivity contribution in [3.63, 3.8) is 0 Å². The van der Waals surface area contributed by atoms with E-state index in [1.165, 1.54) is 32.8 Å². The molecule has 0 unspecified atom stereocenters. The summed E-state index contributed by atoms with van der Waals surface area (Å²) in [4.78, 5) is 67.9. The van der Waals surface area contributed by atoms with E-state index >= 15 is 0 Å². The minimum absolute atomic E-state index is 0.0747. The monoisotopic (exact) mass is 1280 g/mol. The van der Waals surface area contributed by atoms with Crippen LogP contribution in [0, 0.1) is 11.8 Å². The maximum absolute atomic E-state index is 12.2. The van der Waals surface area contributed by atoms with E-state index in [2.05, 4.69) is 109 Å². The average molecular weight is 1280 g/mol. The van der Waals surface area contributed by atoms with Crippen LogP contribution in [-0.4, -0.2) is 110 Å². The van der Waals surface area contributed by atoms with Crippen molar-refractivity contribution in [2.75, 3.05) is 45.0 Å². The number of nitrogens with two attached hydrogens (primary N) is 2. The number of Topliss-reactive ketones (excluding diaryl/α,β-unsaturated/α-hetero) is 2. The van der Waals surface area contributed by atoms with Gasteiger partial charge in [-0.15, -0.1) is 0 Å². The molecule has 3 aliphatic rings. The van der Waals surface area contributed by atoms with E-state index in [-0.39, 0.29) is 23.5 Å². The van der Waals surface area contributed by atoms with Crippen LogP contribution in [0.2, 0.25) is 0 Å². The molecule has 14 nitrogen and oxygen atoms in total. The SMILES string of the molecule is CC(=O)Cc1ccc(-c2cncc3ccc(CN4CCC(CC(=O)OC(C)(C)C)CC4)cc23)cc1.CC(=O)Cc1ccc(-c2cncc3ccc(CN4CCC(N)CC4)cc23)cc1.CC(C)(C)OC(=O)CC1CCN(Cc2ccc3cncc(-c4ccc(N)cc4)c3c2)CC1. The van der Waals surface area contributed by atoms with Crippen molar-refractivity contribution in [2.45, 2.75) is 156 Å². The Hall–Kier alpha value is -8.53. The normalized spacial score (nSPS) is 15.6. The first kappa shape index (κ1) is 69.3. The van der Waals surface area contributed by atoms with Crippen LogP contribution in [0.4, 0.5) is 5.69 Å². The van der Waals surface area contributed by atoms with E-state index < -0.39 is 11.2 Å². The van der Waals surface area contributed by atoms with E-state index in [0.717, 1.165) is 164 Å². The highest BCUT2D eigenvalue weighted by atomic mass is 16.6. The number of pyridine rings is 3. The second-order valence-electron chi connectivity index (χ2n) is 28.6. The number of carbonyl (C=O) groups excluding carboxylic acids is 4. The van der Waals surface area contributed by atoms with E-state index in [9.17, 15) is 19.2 Å². The molecule has 14 heteroatoms. The third-order valence-corrected chi connectivity index (χ3v) is 18.1. The number of rotatable bonds is 17. The molecule has 0 bridgehead atoms. The van der Waals surface area contributed by atoms with Crippen molar-refractivity contribution in [3.05, 3.63) is 192 Å². The van der Waals surface area contributed by atoms with Crippen LogP contribution in [-0.2, 0) is 61.1 Å². The molecule has 0 aliphatic carbocycles. The van der Waals surface area contributed by atoms with Gasteiger partial charge in [0, 0.05) is 127 Å². The third kappa shape index (κ3) is 20.5. The number of ether oxygens (including phenoxy) is 2. The lowest BCUT2D eigenvalue weighted by molar-refractivity contribution is -0.157. The molecule has 496 valence electrons. The van der Waals surface area contributed by atoms with Gasteiger partial charge in [-0.1, -0.05) is 97.1 Å². The van der Waals surface area contributed by atoms with E-state index in [1.54, 1.807) is 13.8 Å². The highest BCUT2D eigenvalue weighted by molar-refractivity contribution is 5.98. The highest BCUT2D eigenvalue weighted by Crippen LogP contribution is 2.34. The number of aromatic nitrogens is 3. The maximum Gasteiger partial charge on any atom is 0.306 e. The molecule has 95 heavy (non-hydrogen) atoms. The fourth-order valence-corrected chi connectivity index (χ4v) is 13.3. The standard InChI is InChI=1S/C30H36N2O3.C27H33N3O2.C24H27N3O/c1-21(33)15-22-5-8-25(9-6-22)28-19-31-18-26-10-7-24(16-27(26)28)20-32-13-11-23(12-14-32)17-29(34)35-30(2,3)4;1-27(2,3)32-26(31)15-19-10-12-30(13-11-19)18-20-4-5-22-16-29-17-25(24(22)14-20)21-6-8-23(28)9-7-21;1-17(28)12-18-2-5-20(6-3-18)24-15-26-14-21-7-4-19(13-23(21)24)16-27-10-8-22(25)9-11-27/h5-10,16,18-19,23H,11-15,17,20H2,1-4H3;4-9,14,16-17,19H,10-13,15,18,28H2,1-3H3;2-7,13-15,22H,8-12,16,25H2,1H3. The summed E-state index contributed by atoms with van der Waals surface area (Å²) in [5, 5.41) is 7.03. The summed E-state index contributed by atoms with van der Waals surface area (Å²) >= 11 is 0. The first-order valence-corrected chi connectivity index (χ1v) is 34.0. The van der Waals surface area contributed by atoms with Crippen LogP contribution in [0.25, 0.3) is 65.7 Å². The first-order chi connectivity index (χ1) is 45.5. The second kappa shape index (κ2) is 31.8. The smallest absolute Gasteiger partial charge is 0.306 e. The van der Waals surface area contributed by atoms with Crippen molar-refractivity contribution in [2.24, 2.45) is 17.6 Å². The second-order valence-corrected chi connectivity index (χ2v) is 28.6. The van der Waals surface area contributed by atoms with Crippen LogP contribution in [0.3, 0.4) is 0 Å². The zero-order chi connectivity index (χ0) is 67.2. The van der Waals surface area contributed by atoms with Gasteiger partial charge in [0.25, 0.3) is 0 Å². The zero-order valence-corrected chi connectivity index (χ0v) is 57.0. The van der Waals surface area contributed by atoms with Gasteiger partial charge in [0.15, 0.2) is 0 Å². The average Bonchev–Trinajstić information content (AvgIpc) is 0.820. The molecule has 4 N–H and O–H groups in total. The predicted molar refractivity (Wildman–Crippen MR) is 384 cm³/mol. The van der Waals surface area contributed by atoms with Gasteiger partial charge in [0.05, 0.1) is 0 Å². The number of benzene rings is 6. The molecule has 9 aromatic rings. The Morgan fingerprint density at radius 3 is 1.02 bits per heavy atom. The van der Waals surface area contributed by atoms with Crippen molar-refractivity contribution in [1.29, 1.82) is 0 Å². The van der Waals surface area contributed by atoms with Crippen LogP contribution in [0.1, 0.15) is 135 Å². The number of likely N-dealkylation sites (tertiary alicyclic amines) is 3. The Balaban J connectivity index is 0.000000156. The zero-order valence-electron chi connectivity index (χ0n) is 57.0. The van der Waals surface area contributed by atoms with Crippen molar-refractivity contribution < 1.29 is 28.7 Å². The molecule has 0 atom stereocenters. The molecule has 6 aromatic carbocycles. The molecule has 3 aliphatic heterocycles. The van der Waals surface area contributed by atoms with E-state index in [4.69, 9.17) is 20.9 Å². The summed E-state index contributed by atoms with van der Waals surface area (Å²) in [7, 11) is 0. The molecular formula is C81H96N8O6. The number of anilines is 1. The number of esters is 2. The lowest BCUT2D eigenvalue weighted by Crippen LogP contribution is -2.39. The fourth-order valence-electron chi connectivity index (χ4n) is 13.3. The summed E-state index contributed by atoms with van der Waals surface area (Å²) in [5.41, 5.74) is 24.5. The summed E-state index contributed by atoms with van der Waals surface area (Å²) in [6, 6.07) is 44.7. The fraction of sp³-hybridized carbons (Fsp3) is 0.395. The summed E-state index contributed by atoms with van der Waals surface area (Å²) in [6.07, 6.45) is 19.8. The van der Waals surface area contributed by atoms with Crippen molar-refractivity contribution >= 4 is 61.5 Å². The lowest BCUT2D eigenvalue weighted by Gasteiger charge is -2.32. The number of fused-ring (bicyclic) bond motifs is 3. The molecule has 0 saturated carbocycles. The largest absolute Gasteiger partial charge is 0.460 e. The van der Waals surface area contributed by atoms with Crippen molar-refractivity contribution in [3.8, 4) is 33.4 Å². The Morgan fingerprint density at radius 2 is 0.716 bits per heavy atom. The van der Waals surface area contributed by atoms with Gasteiger partial charge in [-0.05, 0) is 236 Å². The molecular weight excluding hydrogens is 1180 g/mol. The quantitative estimate of drug-likeness (QED) is 0.0647. The number of nitrogen functional groups attached to an aromatic ring is 1. The van der Waals surface area contributed by atoms with Gasteiger partial charge in [-0.25, -0.2) is 0 Å². The Kier molecular flexibility index (Phi) is 23.2. The van der Waals surface area contributed by atoms with Gasteiger partial charge in [-0.2, -0.15) is 0 Å². The lowest BCUT2D eigenvalue weighted by atomic mass is 9.93. The van der Waals surface area contributed by atoms with Gasteiger partial charge in [0.2, 0.25) is 0 Å². The number of nitrogens with zero attached hydrogens (tertiary/aromatic N) is 6. The molecule has 3 fully saturated rings. The Morgan fingerprint density at radius 1 is 0.421 bits per heavy atom. The number of hydrogen-bond acceptors (Lipinski definition) is 14. The molecule has 0 spiro atoms. The number of hydrogen-bond donors (Lipinski definition) is 2. The van der Waals surface area contributed by atoms with Crippen LogP contribution in [0.5, 0.6) is 0 Å². The minimum atomic E-state index is -0.418. The molecule has 0 radical (unpaired) electrons. The summed E-state index contributed by atoms with van der Waals surface area (Å²) in [6.45, 7) is 23.7. The summed E-state index contributed by atoms with van der Waals surface area (Å²) < 4.78 is 11.0. The van der Waals surface area contributed by atoms with E-state index in [1.807, 2.05) is 127 Å². The van der Waals surface area contributed by atoms with Gasteiger partial charge < -0.3 is 20.9 Å². The number of piperidine rings is 3. The molecule has 12 rings (SSSR count). The number of carbonyl (C=O) groups is 4. The molecule has 0 amide bonds. The molecule has 3 saturated heterocycles. The van der Waals surface area contributed by atoms with E-state index in [0.29, 0.717) is 43.6 Å². The molecule has 3 aromatic heterocycles. The van der Waals surface area contributed by atoms with Crippen LogP contribution < -0.4 is 11.5 Å². The Labute approximate surface area is 561 Å². The highest BCUT2D eigenvalue weighted by Gasteiger charge is 2.27. The van der Waals surface area contributed by atoms with Crippen molar-refractivity contribution in [1.82, 2.24) is 29.7 Å². The number of ketones is 2. The maximum atomic E-state index is 12.2. The van der Waals surface area contributed by atoms with Crippen LogP contribution >= 0.6 is 0 Å². The summed E-state index contributed by atoms with van der Waals surface area (Å²) in [5.74, 6) is 1.02. The Bertz CT molecular complexity index is 4080. The van der Waals surface area contributed by atoms with Gasteiger partial charge in [-0.3, -0.25) is 48.8 Å².